The molecule has 0 spiro atoms. The van der Waals surface area contributed by atoms with E-state index in [0.29, 0.717) is 6.04 Å². The minimum Gasteiger partial charge on any atom is -0.341 e. The van der Waals surface area contributed by atoms with Crippen molar-refractivity contribution in [3.8, 4) is 0 Å². The van der Waals surface area contributed by atoms with Crippen LogP contribution in [-0.2, 0) is 13.0 Å². The van der Waals surface area contributed by atoms with E-state index >= 15 is 0 Å². The second-order valence-corrected chi connectivity index (χ2v) is 8.81. The van der Waals surface area contributed by atoms with Crippen LogP contribution in [-0.4, -0.2) is 16.0 Å². The first-order chi connectivity index (χ1) is 13.2. The monoisotopic (exact) mass is 379 g/mol. The molecule has 2 aromatic carbocycles. The van der Waals surface area contributed by atoms with E-state index in [1.54, 1.807) is 0 Å². The number of imidazole rings is 1. The molecule has 3 aromatic rings. The smallest absolute Gasteiger partial charge is 0.121 e. The average Bonchev–Trinajstić information content (AvgIpc) is 3.19. The van der Waals surface area contributed by atoms with E-state index in [4.69, 9.17) is 16.6 Å². The summed E-state index contributed by atoms with van der Waals surface area (Å²) in [5.41, 5.74) is 3.62. The Morgan fingerprint density at radius 2 is 1.74 bits per heavy atom. The number of H-pyrrole nitrogens is 1. The molecule has 1 aromatic heterocycles. The quantitative estimate of drug-likeness (QED) is 0.627. The summed E-state index contributed by atoms with van der Waals surface area (Å²) in [5.74, 6) is 3.49. The van der Waals surface area contributed by atoms with Crippen molar-refractivity contribution in [1.29, 1.82) is 0 Å². The number of nitrogens with zero attached hydrogens (tertiary/aromatic N) is 1. The van der Waals surface area contributed by atoms with Crippen molar-refractivity contribution < 1.29 is 0 Å². The predicted molar refractivity (Wildman–Crippen MR) is 111 cm³/mol. The molecule has 5 rings (SSSR count). The van der Waals surface area contributed by atoms with Gasteiger partial charge in [0.1, 0.15) is 5.82 Å². The number of aromatic amines is 1. The Hall–Kier alpha value is -1.84. The lowest BCUT2D eigenvalue weighted by Gasteiger charge is -2.36. The third-order valence-corrected chi connectivity index (χ3v) is 6.83. The molecule has 0 saturated heterocycles. The lowest BCUT2D eigenvalue weighted by molar-refractivity contribution is 0.191. The standard InChI is InChI=1S/C23H26ClN3/c24-19-9-5-15(6-10-19)11-16-12-17-7-8-18(13-16)23(17)25-14-22-26-20-3-1-2-4-21(20)27-22/h1-6,9-10,16-18,23,25H,7-8,11-14H2,(H,26,27). The van der Waals surface area contributed by atoms with Gasteiger partial charge < -0.3 is 10.3 Å². The molecule has 0 aliphatic heterocycles. The number of nitrogens with one attached hydrogen (secondary N) is 2. The van der Waals surface area contributed by atoms with Crippen LogP contribution in [0.5, 0.6) is 0 Å². The van der Waals surface area contributed by atoms with Crippen molar-refractivity contribution in [2.45, 2.75) is 44.7 Å². The summed E-state index contributed by atoms with van der Waals surface area (Å²) in [5, 5.41) is 4.67. The van der Waals surface area contributed by atoms with E-state index in [1.807, 2.05) is 18.2 Å². The highest BCUT2D eigenvalue weighted by atomic mass is 35.5. The number of para-hydroxylation sites is 2. The lowest BCUT2D eigenvalue weighted by atomic mass is 9.75. The fourth-order valence-corrected chi connectivity index (χ4v) is 5.54. The third kappa shape index (κ3) is 3.63. The molecular weight excluding hydrogens is 354 g/mol. The topological polar surface area (TPSA) is 40.7 Å². The third-order valence-electron chi connectivity index (χ3n) is 6.58. The van der Waals surface area contributed by atoms with Gasteiger partial charge in [0.15, 0.2) is 0 Å². The highest BCUT2D eigenvalue weighted by Crippen LogP contribution is 2.46. The summed E-state index contributed by atoms with van der Waals surface area (Å²) in [6.45, 7) is 0.841. The maximum Gasteiger partial charge on any atom is 0.121 e. The zero-order chi connectivity index (χ0) is 18.2. The molecule has 2 aliphatic rings. The van der Waals surface area contributed by atoms with E-state index in [-0.39, 0.29) is 0 Å². The number of aromatic nitrogens is 2. The average molecular weight is 380 g/mol. The second-order valence-electron chi connectivity index (χ2n) is 8.37. The highest BCUT2D eigenvalue weighted by molar-refractivity contribution is 6.30. The van der Waals surface area contributed by atoms with E-state index in [2.05, 4.69) is 40.6 Å². The molecular formula is C23H26ClN3. The van der Waals surface area contributed by atoms with Gasteiger partial charge in [-0.3, -0.25) is 0 Å². The van der Waals surface area contributed by atoms with Gasteiger partial charge in [-0.1, -0.05) is 35.9 Å². The molecule has 2 bridgehead atoms. The number of hydrogen-bond donors (Lipinski definition) is 2. The van der Waals surface area contributed by atoms with Crippen molar-refractivity contribution in [3.05, 3.63) is 64.9 Å². The molecule has 0 amide bonds. The number of fused-ring (bicyclic) bond motifs is 3. The van der Waals surface area contributed by atoms with Crippen LogP contribution in [0.2, 0.25) is 5.02 Å². The van der Waals surface area contributed by atoms with Crippen LogP contribution < -0.4 is 5.32 Å². The SMILES string of the molecule is Clc1ccc(CC2CC3CCC(C2)C3NCc2nc3ccccc3[nH]2)cc1. The van der Waals surface area contributed by atoms with Gasteiger partial charge in [0.25, 0.3) is 0 Å². The van der Waals surface area contributed by atoms with Gasteiger partial charge in [-0.15, -0.1) is 0 Å². The fraction of sp³-hybridized carbons (Fsp3) is 0.435. The van der Waals surface area contributed by atoms with Crippen LogP contribution in [0, 0.1) is 17.8 Å². The first-order valence-corrected chi connectivity index (χ1v) is 10.5. The summed E-state index contributed by atoms with van der Waals surface area (Å²) >= 11 is 6.03. The van der Waals surface area contributed by atoms with Gasteiger partial charge in [-0.25, -0.2) is 4.98 Å². The molecule has 2 atom stereocenters. The van der Waals surface area contributed by atoms with Crippen molar-refractivity contribution in [3.63, 3.8) is 0 Å². The Kier molecular flexibility index (Phi) is 4.66. The van der Waals surface area contributed by atoms with Crippen LogP contribution in [0.3, 0.4) is 0 Å². The zero-order valence-electron chi connectivity index (χ0n) is 15.5. The first kappa shape index (κ1) is 17.3. The fourth-order valence-electron chi connectivity index (χ4n) is 5.41. The maximum atomic E-state index is 6.03. The molecule has 1 heterocycles. The van der Waals surface area contributed by atoms with Crippen molar-refractivity contribution in [1.82, 2.24) is 15.3 Å². The van der Waals surface area contributed by atoms with E-state index in [1.165, 1.54) is 37.7 Å². The van der Waals surface area contributed by atoms with Gasteiger partial charge in [0.05, 0.1) is 17.6 Å². The molecule has 3 nitrogen and oxygen atoms in total. The Balaban J connectivity index is 1.20. The number of halogens is 1. The predicted octanol–water partition coefficient (Wildman–Crippen LogP) is 5.35. The molecule has 2 fully saturated rings. The molecule has 140 valence electrons. The van der Waals surface area contributed by atoms with Crippen LogP contribution in [0.4, 0.5) is 0 Å². The molecule has 2 unspecified atom stereocenters. The minimum absolute atomic E-state index is 0.652. The molecule has 27 heavy (non-hydrogen) atoms. The Labute approximate surface area is 165 Å². The molecule has 2 N–H and O–H groups in total. The van der Waals surface area contributed by atoms with Crippen molar-refractivity contribution >= 4 is 22.6 Å². The lowest BCUT2D eigenvalue weighted by Crippen LogP contribution is -2.42. The van der Waals surface area contributed by atoms with Crippen LogP contribution in [0.15, 0.2) is 48.5 Å². The second kappa shape index (κ2) is 7.29. The molecule has 2 saturated carbocycles. The van der Waals surface area contributed by atoms with Crippen molar-refractivity contribution in [2.24, 2.45) is 17.8 Å². The summed E-state index contributed by atoms with van der Waals surface area (Å²) in [4.78, 5) is 8.16. The normalized spacial score (nSPS) is 27.3. The van der Waals surface area contributed by atoms with Crippen molar-refractivity contribution in [2.75, 3.05) is 0 Å². The number of benzene rings is 2. The van der Waals surface area contributed by atoms with E-state index < -0.39 is 0 Å². The first-order valence-electron chi connectivity index (χ1n) is 10.2. The van der Waals surface area contributed by atoms with Gasteiger partial charge in [0, 0.05) is 11.1 Å². The maximum absolute atomic E-state index is 6.03. The Bertz CT molecular complexity index is 870. The number of rotatable bonds is 5. The Morgan fingerprint density at radius 3 is 2.48 bits per heavy atom. The van der Waals surface area contributed by atoms with Gasteiger partial charge in [-0.05, 0) is 79.7 Å². The van der Waals surface area contributed by atoms with Gasteiger partial charge in [-0.2, -0.15) is 0 Å². The highest BCUT2D eigenvalue weighted by Gasteiger charge is 2.42. The summed E-state index contributed by atoms with van der Waals surface area (Å²) in [6, 6.07) is 17.3. The zero-order valence-corrected chi connectivity index (χ0v) is 16.3. The van der Waals surface area contributed by atoms with E-state index in [0.717, 1.165) is 46.2 Å². The van der Waals surface area contributed by atoms with Gasteiger partial charge in [0.2, 0.25) is 0 Å². The van der Waals surface area contributed by atoms with Gasteiger partial charge >= 0.3 is 0 Å². The largest absolute Gasteiger partial charge is 0.341 e. The Morgan fingerprint density at radius 1 is 1.00 bits per heavy atom. The summed E-state index contributed by atoms with van der Waals surface area (Å²) < 4.78 is 0. The summed E-state index contributed by atoms with van der Waals surface area (Å²) in [7, 11) is 0. The van der Waals surface area contributed by atoms with Crippen LogP contribution in [0.25, 0.3) is 11.0 Å². The number of hydrogen-bond acceptors (Lipinski definition) is 2. The molecule has 4 heteroatoms. The summed E-state index contributed by atoms with van der Waals surface area (Å²) in [6.07, 6.45) is 6.63. The molecule has 2 aliphatic carbocycles. The van der Waals surface area contributed by atoms with Crippen LogP contribution in [0.1, 0.15) is 37.1 Å². The molecule has 0 radical (unpaired) electrons. The minimum atomic E-state index is 0.652. The van der Waals surface area contributed by atoms with Crippen LogP contribution >= 0.6 is 11.6 Å². The van der Waals surface area contributed by atoms with E-state index in [9.17, 15) is 0 Å².